The average molecular weight is 236 g/mol. The molecule has 0 saturated carbocycles. The summed E-state index contributed by atoms with van der Waals surface area (Å²) in [6.45, 7) is 1.93. The SMILES string of the molecule is C#CCC(CC)Nc1cc(F)cc([N+](=O)[O-])c1. The minimum absolute atomic E-state index is 0.0126. The maximum absolute atomic E-state index is 13.1. The number of nitrogens with one attached hydrogen (secondary N) is 1. The lowest BCUT2D eigenvalue weighted by molar-refractivity contribution is -0.385. The average Bonchev–Trinajstić information content (AvgIpc) is 2.27. The molecular formula is C12H13FN2O2. The van der Waals surface area contributed by atoms with Crippen LogP contribution in [0.25, 0.3) is 0 Å². The third-order valence-electron chi connectivity index (χ3n) is 2.32. The Kier molecular flexibility index (Phi) is 4.46. The highest BCUT2D eigenvalue weighted by Crippen LogP contribution is 2.21. The fourth-order valence-corrected chi connectivity index (χ4v) is 1.44. The molecule has 1 atom stereocenters. The molecule has 0 aliphatic carbocycles. The van der Waals surface area contributed by atoms with Gasteiger partial charge in [-0.25, -0.2) is 4.39 Å². The number of terminal acetylenes is 1. The summed E-state index contributed by atoms with van der Waals surface area (Å²) >= 11 is 0. The van der Waals surface area contributed by atoms with Crippen molar-refractivity contribution in [1.29, 1.82) is 0 Å². The van der Waals surface area contributed by atoms with Crippen LogP contribution in [-0.2, 0) is 0 Å². The number of non-ortho nitro benzene ring substituents is 1. The second kappa shape index (κ2) is 5.85. The third-order valence-corrected chi connectivity index (χ3v) is 2.32. The van der Waals surface area contributed by atoms with Gasteiger partial charge in [-0.05, 0) is 12.5 Å². The van der Waals surface area contributed by atoms with Crippen LogP contribution in [0.1, 0.15) is 19.8 Å². The predicted octanol–water partition coefficient (Wildman–Crippen LogP) is 2.95. The second-order valence-corrected chi connectivity index (χ2v) is 3.61. The lowest BCUT2D eigenvalue weighted by Crippen LogP contribution is -2.17. The summed E-state index contributed by atoms with van der Waals surface area (Å²) in [5, 5.41) is 13.5. The molecule has 0 aromatic heterocycles. The maximum atomic E-state index is 13.1. The molecular weight excluding hydrogens is 223 g/mol. The van der Waals surface area contributed by atoms with Crippen LogP contribution in [-0.4, -0.2) is 11.0 Å². The number of halogens is 1. The zero-order chi connectivity index (χ0) is 12.8. The number of benzene rings is 1. The topological polar surface area (TPSA) is 55.2 Å². The second-order valence-electron chi connectivity index (χ2n) is 3.61. The highest BCUT2D eigenvalue weighted by atomic mass is 19.1. The summed E-state index contributed by atoms with van der Waals surface area (Å²) in [5.41, 5.74) is 0.0989. The normalized spacial score (nSPS) is 11.6. The van der Waals surface area contributed by atoms with Crippen LogP contribution >= 0.6 is 0 Å². The first-order chi connectivity index (χ1) is 8.06. The molecule has 5 heteroatoms. The zero-order valence-corrected chi connectivity index (χ0v) is 9.44. The van der Waals surface area contributed by atoms with E-state index in [2.05, 4.69) is 11.2 Å². The third kappa shape index (κ3) is 3.76. The lowest BCUT2D eigenvalue weighted by Gasteiger charge is -2.15. The first-order valence-electron chi connectivity index (χ1n) is 5.21. The summed E-state index contributed by atoms with van der Waals surface area (Å²) < 4.78 is 13.1. The molecule has 0 amide bonds. The Morgan fingerprint density at radius 2 is 2.29 bits per heavy atom. The molecule has 0 radical (unpaired) electrons. The van der Waals surface area contributed by atoms with Crippen LogP contribution < -0.4 is 5.32 Å². The number of anilines is 1. The van der Waals surface area contributed by atoms with E-state index < -0.39 is 10.7 Å². The van der Waals surface area contributed by atoms with Gasteiger partial charge in [-0.15, -0.1) is 12.3 Å². The number of nitro benzene ring substituents is 1. The van der Waals surface area contributed by atoms with Crippen LogP contribution in [0.15, 0.2) is 18.2 Å². The van der Waals surface area contributed by atoms with E-state index in [-0.39, 0.29) is 11.7 Å². The number of rotatable bonds is 5. The van der Waals surface area contributed by atoms with Crippen LogP contribution in [0.4, 0.5) is 15.8 Å². The van der Waals surface area contributed by atoms with E-state index in [1.54, 1.807) is 0 Å². The summed E-state index contributed by atoms with van der Waals surface area (Å²) in [6.07, 6.45) is 6.44. The van der Waals surface area contributed by atoms with E-state index in [1.807, 2.05) is 6.92 Å². The van der Waals surface area contributed by atoms with Crippen molar-refractivity contribution < 1.29 is 9.31 Å². The molecule has 0 heterocycles. The van der Waals surface area contributed by atoms with E-state index in [0.717, 1.165) is 12.5 Å². The fraction of sp³-hybridized carbons (Fsp3) is 0.333. The summed E-state index contributed by atoms with van der Waals surface area (Å²) in [5.74, 6) is 1.86. The Bertz CT molecular complexity index is 454. The Labute approximate surface area is 99.0 Å². The molecule has 1 unspecified atom stereocenters. The minimum Gasteiger partial charge on any atom is -0.381 e. The lowest BCUT2D eigenvalue weighted by atomic mass is 10.1. The number of hydrogen-bond donors (Lipinski definition) is 1. The van der Waals surface area contributed by atoms with Crippen molar-refractivity contribution in [2.75, 3.05) is 5.32 Å². The molecule has 0 spiro atoms. The highest BCUT2D eigenvalue weighted by molar-refractivity contribution is 5.52. The molecule has 0 aliphatic rings. The standard InChI is InChI=1S/C12H13FN2O2/c1-3-5-10(4-2)14-11-6-9(13)7-12(8-11)15(16)17/h1,6-8,10,14H,4-5H2,2H3. The van der Waals surface area contributed by atoms with E-state index in [9.17, 15) is 14.5 Å². The monoisotopic (exact) mass is 236 g/mol. The van der Waals surface area contributed by atoms with E-state index in [4.69, 9.17) is 6.42 Å². The fourth-order valence-electron chi connectivity index (χ4n) is 1.44. The van der Waals surface area contributed by atoms with Gasteiger partial charge < -0.3 is 5.32 Å². The Morgan fingerprint density at radius 3 is 2.82 bits per heavy atom. The molecule has 0 saturated heterocycles. The molecule has 0 aliphatic heterocycles. The molecule has 1 aromatic carbocycles. The van der Waals surface area contributed by atoms with Gasteiger partial charge in [0.05, 0.1) is 11.0 Å². The minimum atomic E-state index is -0.641. The van der Waals surface area contributed by atoms with Gasteiger partial charge >= 0.3 is 0 Å². The first kappa shape index (κ1) is 13.0. The number of nitrogens with zero attached hydrogens (tertiary/aromatic N) is 1. The van der Waals surface area contributed by atoms with Crippen molar-refractivity contribution in [3.63, 3.8) is 0 Å². The van der Waals surface area contributed by atoms with Crippen molar-refractivity contribution in [3.05, 3.63) is 34.1 Å². The van der Waals surface area contributed by atoms with Gasteiger partial charge in [-0.3, -0.25) is 10.1 Å². The van der Waals surface area contributed by atoms with E-state index in [1.165, 1.54) is 12.1 Å². The van der Waals surface area contributed by atoms with Crippen LogP contribution in [0.2, 0.25) is 0 Å². The van der Waals surface area contributed by atoms with Gasteiger partial charge in [0.15, 0.2) is 0 Å². The Hall–Kier alpha value is -2.09. The molecule has 1 N–H and O–H groups in total. The molecule has 1 rings (SSSR count). The van der Waals surface area contributed by atoms with Gasteiger partial charge in [0, 0.05) is 24.2 Å². The molecule has 4 nitrogen and oxygen atoms in total. The molecule has 17 heavy (non-hydrogen) atoms. The Balaban J connectivity index is 2.91. The summed E-state index contributed by atoms with van der Waals surface area (Å²) in [6, 6.07) is 3.38. The van der Waals surface area contributed by atoms with E-state index >= 15 is 0 Å². The quantitative estimate of drug-likeness (QED) is 0.486. The zero-order valence-electron chi connectivity index (χ0n) is 9.44. The van der Waals surface area contributed by atoms with Crippen LogP contribution in [0.3, 0.4) is 0 Å². The predicted molar refractivity (Wildman–Crippen MR) is 64.2 cm³/mol. The van der Waals surface area contributed by atoms with Crippen molar-refractivity contribution in [2.45, 2.75) is 25.8 Å². The summed E-state index contributed by atoms with van der Waals surface area (Å²) in [4.78, 5) is 9.94. The largest absolute Gasteiger partial charge is 0.381 e. The number of nitro groups is 1. The van der Waals surface area contributed by atoms with Crippen molar-refractivity contribution >= 4 is 11.4 Å². The van der Waals surface area contributed by atoms with Crippen molar-refractivity contribution in [1.82, 2.24) is 0 Å². The van der Waals surface area contributed by atoms with Gasteiger partial charge in [-0.2, -0.15) is 0 Å². The van der Waals surface area contributed by atoms with Gasteiger partial charge in [0.2, 0.25) is 0 Å². The van der Waals surface area contributed by atoms with Gasteiger partial charge in [-0.1, -0.05) is 6.92 Å². The van der Waals surface area contributed by atoms with Crippen LogP contribution in [0, 0.1) is 28.3 Å². The maximum Gasteiger partial charge on any atom is 0.274 e. The smallest absolute Gasteiger partial charge is 0.274 e. The van der Waals surface area contributed by atoms with Gasteiger partial charge in [0.1, 0.15) is 5.82 Å². The molecule has 90 valence electrons. The van der Waals surface area contributed by atoms with Crippen LogP contribution in [0.5, 0.6) is 0 Å². The Morgan fingerprint density at radius 1 is 1.59 bits per heavy atom. The van der Waals surface area contributed by atoms with Crippen molar-refractivity contribution in [2.24, 2.45) is 0 Å². The van der Waals surface area contributed by atoms with Gasteiger partial charge in [0.25, 0.3) is 5.69 Å². The number of hydrogen-bond acceptors (Lipinski definition) is 3. The highest BCUT2D eigenvalue weighted by Gasteiger charge is 2.11. The molecule has 1 aromatic rings. The van der Waals surface area contributed by atoms with E-state index in [0.29, 0.717) is 12.1 Å². The molecule has 0 bridgehead atoms. The first-order valence-corrected chi connectivity index (χ1v) is 5.21. The summed E-state index contributed by atoms with van der Waals surface area (Å²) in [7, 11) is 0. The molecule has 0 fully saturated rings. The van der Waals surface area contributed by atoms with Crippen molar-refractivity contribution in [3.8, 4) is 12.3 Å².